The molecule has 1 aromatic heterocycles. The summed E-state index contributed by atoms with van der Waals surface area (Å²) in [5.74, 6) is -0.558. The predicted octanol–water partition coefficient (Wildman–Crippen LogP) is 1.63. The van der Waals surface area contributed by atoms with Crippen molar-refractivity contribution >= 4 is 48.9 Å². The number of halogens is 1. The van der Waals surface area contributed by atoms with Gasteiger partial charge in [-0.3, -0.25) is 4.72 Å². The van der Waals surface area contributed by atoms with E-state index in [0.717, 1.165) is 11.3 Å². The van der Waals surface area contributed by atoms with Gasteiger partial charge < -0.3 is 4.74 Å². The minimum absolute atomic E-state index is 0.226. The molecule has 0 fully saturated rings. The number of methoxy groups -OCH3 is 1. The lowest BCUT2D eigenvalue weighted by Crippen LogP contribution is -2.14. The first-order chi connectivity index (χ1) is 7.00. The molecule has 15 heavy (non-hydrogen) atoms. The third kappa shape index (κ3) is 3.18. The summed E-state index contributed by atoms with van der Waals surface area (Å²) >= 11 is 3.95. The SMILES string of the molecule is COC(=O)c1sccc1NS(=O)(=O)CBr. The van der Waals surface area contributed by atoms with E-state index in [-0.39, 0.29) is 15.2 Å². The number of alkyl halides is 1. The summed E-state index contributed by atoms with van der Waals surface area (Å²) in [4.78, 5) is 11.4. The lowest BCUT2D eigenvalue weighted by atomic mass is 10.4. The molecule has 1 N–H and O–H groups in total. The second-order valence-corrected chi connectivity index (χ2v) is 6.42. The molecule has 0 unspecified atom stereocenters. The number of hydrogen-bond donors (Lipinski definition) is 1. The number of hydrogen-bond acceptors (Lipinski definition) is 5. The quantitative estimate of drug-likeness (QED) is 0.677. The van der Waals surface area contributed by atoms with Crippen molar-refractivity contribution in [2.24, 2.45) is 0 Å². The fraction of sp³-hybridized carbons (Fsp3) is 0.286. The molecular formula is C7H8BrNO4S2. The molecule has 84 valence electrons. The lowest BCUT2D eigenvalue weighted by Gasteiger charge is -2.04. The van der Waals surface area contributed by atoms with E-state index in [2.05, 4.69) is 25.4 Å². The van der Waals surface area contributed by atoms with Gasteiger partial charge in [0, 0.05) is 0 Å². The molecule has 0 radical (unpaired) electrons. The monoisotopic (exact) mass is 313 g/mol. The maximum absolute atomic E-state index is 11.2. The highest BCUT2D eigenvalue weighted by atomic mass is 79.9. The average molecular weight is 314 g/mol. The molecule has 0 bridgehead atoms. The summed E-state index contributed by atoms with van der Waals surface area (Å²) in [5.41, 5.74) is 0.242. The van der Waals surface area contributed by atoms with Gasteiger partial charge in [0.1, 0.15) is 9.54 Å². The standard InChI is InChI=1S/C7H8BrNO4S2/c1-13-7(10)6-5(2-3-14-6)9-15(11,12)4-8/h2-3,9H,4H2,1H3. The Bertz CT molecular complexity index is 453. The molecule has 1 heterocycles. The molecule has 0 aliphatic rings. The van der Waals surface area contributed by atoms with Crippen molar-refractivity contribution < 1.29 is 17.9 Å². The predicted molar refractivity (Wildman–Crippen MR) is 62.0 cm³/mol. The molecule has 0 amide bonds. The topological polar surface area (TPSA) is 72.5 Å². The van der Waals surface area contributed by atoms with Crippen LogP contribution in [0.1, 0.15) is 9.67 Å². The second-order valence-electron chi connectivity index (χ2n) is 2.48. The van der Waals surface area contributed by atoms with Crippen molar-refractivity contribution in [3.05, 3.63) is 16.3 Å². The number of ether oxygens (including phenoxy) is 1. The van der Waals surface area contributed by atoms with Crippen LogP contribution in [-0.4, -0.2) is 26.2 Å². The van der Waals surface area contributed by atoms with Crippen LogP contribution < -0.4 is 4.72 Å². The number of anilines is 1. The fourth-order valence-corrected chi connectivity index (χ4v) is 2.57. The van der Waals surface area contributed by atoms with Gasteiger partial charge in [-0.2, -0.15) is 0 Å². The minimum Gasteiger partial charge on any atom is -0.465 e. The van der Waals surface area contributed by atoms with Gasteiger partial charge in [-0.15, -0.1) is 11.3 Å². The molecule has 1 rings (SSSR count). The molecule has 0 atom stereocenters. The number of rotatable bonds is 4. The Hall–Kier alpha value is -0.600. The molecule has 0 saturated carbocycles. The zero-order valence-electron chi connectivity index (χ0n) is 7.69. The Balaban J connectivity index is 2.97. The van der Waals surface area contributed by atoms with Gasteiger partial charge in [-0.1, -0.05) is 15.9 Å². The first-order valence-corrected chi connectivity index (χ1v) is 7.38. The molecule has 0 aliphatic heterocycles. The fourth-order valence-electron chi connectivity index (χ4n) is 0.835. The van der Waals surface area contributed by atoms with Gasteiger partial charge in [0.15, 0.2) is 0 Å². The third-order valence-corrected chi connectivity index (χ3v) is 4.97. The van der Waals surface area contributed by atoms with Gasteiger partial charge in [0.25, 0.3) is 0 Å². The van der Waals surface area contributed by atoms with Crippen molar-refractivity contribution in [1.29, 1.82) is 0 Å². The van der Waals surface area contributed by atoms with E-state index in [4.69, 9.17) is 0 Å². The Morgan fingerprint density at radius 3 is 2.87 bits per heavy atom. The maximum atomic E-state index is 11.2. The van der Waals surface area contributed by atoms with Crippen molar-refractivity contribution in [2.75, 3.05) is 16.5 Å². The van der Waals surface area contributed by atoms with Crippen LogP contribution in [0.25, 0.3) is 0 Å². The first kappa shape index (κ1) is 12.5. The van der Waals surface area contributed by atoms with Gasteiger partial charge in [-0.05, 0) is 11.4 Å². The van der Waals surface area contributed by atoms with E-state index in [1.54, 1.807) is 5.38 Å². The number of sulfonamides is 1. The largest absolute Gasteiger partial charge is 0.465 e. The van der Waals surface area contributed by atoms with Crippen molar-refractivity contribution in [1.82, 2.24) is 0 Å². The van der Waals surface area contributed by atoms with Gasteiger partial charge in [0.05, 0.1) is 12.8 Å². The van der Waals surface area contributed by atoms with Crippen molar-refractivity contribution in [2.45, 2.75) is 0 Å². The lowest BCUT2D eigenvalue weighted by molar-refractivity contribution is 0.0607. The number of nitrogens with one attached hydrogen (secondary N) is 1. The molecule has 5 nitrogen and oxygen atoms in total. The van der Waals surface area contributed by atoms with E-state index in [1.807, 2.05) is 0 Å². The van der Waals surface area contributed by atoms with Crippen LogP contribution in [0.2, 0.25) is 0 Å². The van der Waals surface area contributed by atoms with Crippen LogP contribution in [0.15, 0.2) is 11.4 Å². The summed E-state index contributed by atoms with van der Waals surface area (Å²) in [6.07, 6.45) is 0. The number of carbonyl (C=O) groups is 1. The van der Waals surface area contributed by atoms with Crippen LogP contribution in [0.3, 0.4) is 0 Å². The van der Waals surface area contributed by atoms with E-state index in [1.165, 1.54) is 13.2 Å². The molecule has 0 aliphatic carbocycles. The molecule has 0 spiro atoms. The number of carbonyl (C=O) groups excluding carboxylic acids is 1. The van der Waals surface area contributed by atoms with Crippen LogP contribution >= 0.6 is 27.3 Å². The molecule has 0 saturated heterocycles. The normalized spacial score (nSPS) is 11.1. The molecule has 0 aromatic carbocycles. The number of thiophene rings is 1. The Morgan fingerprint density at radius 1 is 1.67 bits per heavy atom. The van der Waals surface area contributed by atoms with E-state index < -0.39 is 16.0 Å². The van der Waals surface area contributed by atoms with Gasteiger partial charge in [-0.25, -0.2) is 13.2 Å². The Morgan fingerprint density at radius 2 is 2.33 bits per heavy atom. The summed E-state index contributed by atoms with van der Waals surface area (Å²) < 4.78 is 29.0. The van der Waals surface area contributed by atoms with Gasteiger partial charge >= 0.3 is 5.97 Å². The summed E-state index contributed by atoms with van der Waals surface area (Å²) in [6, 6.07) is 1.51. The molecular weight excluding hydrogens is 306 g/mol. The highest BCUT2D eigenvalue weighted by Crippen LogP contribution is 2.24. The Kier molecular flexibility index (Phi) is 4.12. The zero-order chi connectivity index (χ0) is 11.5. The third-order valence-electron chi connectivity index (χ3n) is 1.45. The van der Waals surface area contributed by atoms with Crippen LogP contribution in [0.5, 0.6) is 0 Å². The van der Waals surface area contributed by atoms with Gasteiger partial charge in [0.2, 0.25) is 10.0 Å². The second kappa shape index (κ2) is 4.95. The average Bonchev–Trinajstić information content (AvgIpc) is 2.64. The highest BCUT2D eigenvalue weighted by molar-refractivity contribution is 9.10. The molecule has 1 aromatic rings. The first-order valence-electron chi connectivity index (χ1n) is 3.72. The van der Waals surface area contributed by atoms with Crippen molar-refractivity contribution in [3.8, 4) is 0 Å². The zero-order valence-corrected chi connectivity index (χ0v) is 10.9. The number of esters is 1. The smallest absolute Gasteiger partial charge is 0.350 e. The minimum atomic E-state index is -3.44. The van der Waals surface area contributed by atoms with Crippen molar-refractivity contribution in [3.63, 3.8) is 0 Å². The maximum Gasteiger partial charge on any atom is 0.350 e. The highest BCUT2D eigenvalue weighted by Gasteiger charge is 2.17. The van der Waals surface area contributed by atoms with E-state index >= 15 is 0 Å². The Labute approximate surface area is 99.6 Å². The van der Waals surface area contributed by atoms with Crippen LogP contribution in [0.4, 0.5) is 5.69 Å². The summed E-state index contributed by atoms with van der Waals surface area (Å²) in [7, 11) is -2.20. The molecule has 8 heteroatoms. The summed E-state index contributed by atoms with van der Waals surface area (Å²) in [6.45, 7) is 0. The van der Waals surface area contributed by atoms with Crippen LogP contribution in [-0.2, 0) is 14.8 Å². The van der Waals surface area contributed by atoms with E-state index in [0.29, 0.717) is 0 Å². The van der Waals surface area contributed by atoms with E-state index in [9.17, 15) is 13.2 Å². The summed E-state index contributed by atoms with van der Waals surface area (Å²) in [5, 5.41) is 1.61. The van der Waals surface area contributed by atoms with Crippen LogP contribution in [0, 0.1) is 0 Å².